The number of rotatable bonds is 7. The number of likely N-dealkylation sites (N-methyl/N-ethyl adjacent to an activating group) is 1. The molecule has 136 valence electrons. The zero-order valence-electron chi connectivity index (χ0n) is 15.0. The SMILES string of the molecule is CN(C)c1ccc([C@H](CNS(=O)(=O)c2cccc(Cl)c2)[NH+](C)C)cc1. The molecule has 2 aromatic rings. The van der Waals surface area contributed by atoms with Crippen LogP contribution in [0.25, 0.3) is 0 Å². The van der Waals surface area contributed by atoms with E-state index in [4.69, 9.17) is 11.6 Å². The van der Waals surface area contributed by atoms with Gasteiger partial charge >= 0.3 is 0 Å². The van der Waals surface area contributed by atoms with Gasteiger partial charge in [-0.2, -0.15) is 0 Å². The van der Waals surface area contributed by atoms with Gasteiger partial charge in [-0.25, -0.2) is 13.1 Å². The first-order valence-corrected chi connectivity index (χ1v) is 9.89. The largest absolute Gasteiger partial charge is 0.378 e. The Hall–Kier alpha value is -1.60. The van der Waals surface area contributed by atoms with Crippen molar-refractivity contribution in [3.8, 4) is 0 Å². The smallest absolute Gasteiger partial charge is 0.240 e. The fraction of sp³-hybridized carbons (Fsp3) is 0.333. The number of nitrogens with zero attached hydrogens (tertiary/aromatic N) is 1. The molecule has 2 N–H and O–H groups in total. The van der Waals surface area contributed by atoms with E-state index >= 15 is 0 Å². The van der Waals surface area contributed by atoms with Crippen LogP contribution in [0.2, 0.25) is 5.02 Å². The summed E-state index contributed by atoms with van der Waals surface area (Å²) in [6.45, 7) is 0.304. The zero-order valence-corrected chi connectivity index (χ0v) is 16.5. The number of quaternary nitrogens is 1. The van der Waals surface area contributed by atoms with E-state index < -0.39 is 10.0 Å². The third kappa shape index (κ3) is 5.19. The maximum atomic E-state index is 12.5. The van der Waals surface area contributed by atoms with Crippen molar-refractivity contribution in [2.75, 3.05) is 39.6 Å². The Morgan fingerprint density at radius 1 is 1.12 bits per heavy atom. The van der Waals surface area contributed by atoms with Gasteiger partial charge in [-0.15, -0.1) is 0 Å². The van der Waals surface area contributed by atoms with Crippen molar-refractivity contribution in [3.63, 3.8) is 0 Å². The molecule has 0 saturated heterocycles. The van der Waals surface area contributed by atoms with Crippen LogP contribution >= 0.6 is 11.6 Å². The topological polar surface area (TPSA) is 53.9 Å². The Bertz CT molecular complexity index is 805. The third-order valence-electron chi connectivity index (χ3n) is 4.09. The fourth-order valence-corrected chi connectivity index (χ4v) is 3.92. The first kappa shape index (κ1) is 19.7. The first-order valence-electron chi connectivity index (χ1n) is 8.03. The summed E-state index contributed by atoms with van der Waals surface area (Å²) in [6.07, 6.45) is 0. The molecule has 0 amide bonds. The molecule has 0 spiro atoms. The molecule has 0 aliphatic heterocycles. The molecular formula is C18H25ClN3O2S+. The zero-order chi connectivity index (χ0) is 18.6. The lowest BCUT2D eigenvalue weighted by atomic mass is 10.1. The molecule has 0 aromatic heterocycles. The Morgan fingerprint density at radius 2 is 1.76 bits per heavy atom. The molecule has 1 atom stereocenters. The van der Waals surface area contributed by atoms with Crippen LogP contribution in [0.4, 0.5) is 5.69 Å². The molecule has 2 rings (SSSR count). The van der Waals surface area contributed by atoms with Crippen LogP contribution in [0.3, 0.4) is 0 Å². The van der Waals surface area contributed by atoms with E-state index in [9.17, 15) is 8.42 Å². The summed E-state index contributed by atoms with van der Waals surface area (Å²) in [6, 6.07) is 14.4. The predicted molar refractivity (Wildman–Crippen MR) is 103 cm³/mol. The summed E-state index contributed by atoms with van der Waals surface area (Å²) in [5, 5.41) is 0.400. The second-order valence-electron chi connectivity index (χ2n) is 6.43. The van der Waals surface area contributed by atoms with E-state index in [1.165, 1.54) is 12.1 Å². The summed E-state index contributed by atoms with van der Waals surface area (Å²) in [5.41, 5.74) is 2.19. The van der Waals surface area contributed by atoms with E-state index in [2.05, 4.69) is 4.72 Å². The molecule has 0 saturated carbocycles. The van der Waals surface area contributed by atoms with E-state index in [0.717, 1.165) is 16.2 Å². The van der Waals surface area contributed by atoms with Gasteiger partial charge < -0.3 is 9.80 Å². The highest BCUT2D eigenvalue weighted by molar-refractivity contribution is 7.89. The summed E-state index contributed by atoms with van der Waals surface area (Å²) in [4.78, 5) is 3.35. The van der Waals surface area contributed by atoms with Gasteiger partial charge in [-0.1, -0.05) is 29.8 Å². The predicted octanol–water partition coefficient (Wildman–Crippen LogP) is 1.57. The lowest BCUT2D eigenvalue weighted by Gasteiger charge is -2.23. The van der Waals surface area contributed by atoms with Gasteiger partial charge in [0.05, 0.1) is 25.5 Å². The van der Waals surface area contributed by atoms with Crippen LogP contribution in [0.1, 0.15) is 11.6 Å². The minimum atomic E-state index is -3.60. The minimum absolute atomic E-state index is 0.00479. The Balaban J connectivity index is 2.17. The highest BCUT2D eigenvalue weighted by atomic mass is 35.5. The standard InChI is InChI=1S/C18H24ClN3O2S/c1-21(2)16-10-8-14(9-11-16)18(22(3)4)13-20-25(23,24)17-7-5-6-15(19)12-17/h5-12,18,20H,13H2,1-4H3/p+1/t18-/m0/s1. The summed E-state index contributed by atoms with van der Waals surface area (Å²) in [7, 11) is 4.41. The fourth-order valence-electron chi connectivity index (χ4n) is 2.57. The Kier molecular flexibility index (Phi) is 6.46. The van der Waals surface area contributed by atoms with Crippen LogP contribution in [-0.4, -0.2) is 43.2 Å². The number of hydrogen-bond donors (Lipinski definition) is 2. The molecule has 25 heavy (non-hydrogen) atoms. The third-order valence-corrected chi connectivity index (χ3v) is 5.75. The second-order valence-corrected chi connectivity index (χ2v) is 8.63. The average Bonchev–Trinajstić information content (AvgIpc) is 2.55. The van der Waals surface area contributed by atoms with E-state index in [0.29, 0.717) is 11.6 Å². The number of hydrogen-bond acceptors (Lipinski definition) is 3. The van der Waals surface area contributed by atoms with Crippen molar-refractivity contribution in [2.24, 2.45) is 0 Å². The number of benzene rings is 2. The second kappa shape index (κ2) is 8.19. The van der Waals surface area contributed by atoms with Crippen molar-refractivity contribution in [1.29, 1.82) is 0 Å². The number of halogens is 1. The summed E-state index contributed by atoms with van der Waals surface area (Å²) >= 11 is 5.90. The van der Waals surface area contributed by atoms with Gasteiger partial charge in [-0.3, -0.25) is 0 Å². The van der Waals surface area contributed by atoms with Gasteiger partial charge in [0, 0.05) is 30.4 Å². The van der Waals surface area contributed by atoms with Gasteiger partial charge in [0.2, 0.25) is 10.0 Å². The Labute approximate surface area is 155 Å². The Morgan fingerprint density at radius 3 is 2.28 bits per heavy atom. The number of anilines is 1. The maximum absolute atomic E-state index is 12.5. The van der Waals surface area contributed by atoms with Crippen LogP contribution in [0.5, 0.6) is 0 Å². The van der Waals surface area contributed by atoms with Crippen molar-refractivity contribution >= 4 is 27.3 Å². The molecule has 7 heteroatoms. The maximum Gasteiger partial charge on any atom is 0.240 e. The van der Waals surface area contributed by atoms with Gasteiger partial charge in [0.1, 0.15) is 6.04 Å². The normalized spacial score (nSPS) is 13.0. The van der Waals surface area contributed by atoms with Crippen LogP contribution in [0.15, 0.2) is 53.4 Å². The van der Waals surface area contributed by atoms with Crippen molar-refractivity contribution in [3.05, 3.63) is 59.1 Å². The monoisotopic (exact) mass is 382 g/mol. The molecule has 0 aliphatic rings. The molecule has 5 nitrogen and oxygen atoms in total. The average molecular weight is 383 g/mol. The van der Waals surface area contributed by atoms with E-state index in [-0.39, 0.29) is 10.9 Å². The van der Waals surface area contributed by atoms with Gasteiger partial charge in [0.15, 0.2) is 0 Å². The number of nitrogens with one attached hydrogen (secondary N) is 2. The quantitative estimate of drug-likeness (QED) is 0.764. The lowest BCUT2D eigenvalue weighted by molar-refractivity contribution is -0.890. The van der Waals surface area contributed by atoms with Gasteiger partial charge in [0.25, 0.3) is 0 Å². The lowest BCUT2D eigenvalue weighted by Crippen LogP contribution is -3.07. The molecule has 0 bridgehead atoms. The summed E-state index contributed by atoms with van der Waals surface area (Å²) in [5.74, 6) is 0. The number of sulfonamides is 1. The van der Waals surface area contributed by atoms with Crippen LogP contribution in [0, 0.1) is 0 Å². The van der Waals surface area contributed by atoms with Crippen molar-refractivity contribution in [1.82, 2.24) is 4.72 Å². The minimum Gasteiger partial charge on any atom is -0.378 e. The molecule has 0 heterocycles. The van der Waals surface area contributed by atoms with Crippen molar-refractivity contribution < 1.29 is 13.3 Å². The van der Waals surface area contributed by atoms with Crippen molar-refractivity contribution in [2.45, 2.75) is 10.9 Å². The highest BCUT2D eigenvalue weighted by Gasteiger charge is 2.22. The molecule has 0 radical (unpaired) electrons. The molecular weight excluding hydrogens is 358 g/mol. The molecule has 2 aromatic carbocycles. The van der Waals surface area contributed by atoms with Crippen LogP contribution in [-0.2, 0) is 10.0 Å². The van der Waals surface area contributed by atoms with E-state index in [1.807, 2.05) is 57.4 Å². The molecule has 0 fully saturated rings. The van der Waals surface area contributed by atoms with Gasteiger partial charge in [-0.05, 0) is 30.3 Å². The van der Waals surface area contributed by atoms with Crippen LogP contribution < -0.4 is 14.5 Å². The highest BCUT2D eigenvalue weighted by Crippen LogP contribution is 2.18. The summed E-state index contributed by atoms with van der Waals surface area (Å²) < 4.78 is 27.7. The first-order chi connectivity index (χ1) is 11.7. The molecule has 0 unspecified atom stereocenters. The van der Waals surface area contributed by atoms with E-state index in [1.54, 1.807) is 12.1 Å². The molecule has 0 aliphatic carbocycles.